The summed E-state index contributed by atoms with van der Waals surface area (Å²) in [5, 5.41) is 9.21. The summed E-state index contributed by atoms with van der Waals surface area (Å²) in [7, 11) is 0. The van der Waals surface area contributed by atoms with Gasteiger partial charge in [0.15, 0.2) is 0 Å². The molecule has 3 heterocycles. The zero-order valence-corrected chi connectivity index (χ0v) is 28.7. The Morgan fingerprint density at radius 1 is 0.327 bits per heavy atom. The normalized spacial score (nSPS) is 11.8. The quantitative estimate of drug-likeness (QED) is 0.181. The maximum Gasteiger partial charge on any atom is 0.137 e. The lowest BCUT2D eigenvalue weighted by molar-refractivity contribution is 0.669. The van der Waals surface area contributed by atoms with Gasteiger partial charge in [-0.3, -0.25) is 0 Å². The van der Waals surface area contributed by atoms with E-state index in [9.17, 15) is 0 Å². The van der Waals surface area contributed by atoms with Gasteiger partial charge in [-0.1, -0.05) is 91.0 Å². The minimum Gasteiger partial charge on any atom is -0.456 e. The molecule has 0 aliphatic carbocycles. The van der Waals surface area contributed by atoms with Gasteiger partial charge in [-0.15, -0.1) is 11.3 Å². The number of thiophene rings is 1. The van der Waals surface area contributed by atoms with Crippen molar-refractivity contribution < 1.29 is 8.83 Å². The SMILES string of the molecule is c1ccc(-c2ccc(-c3ccc(N(c4ccc5c(c4)oc4cc6ccccc6cc45)c4ccc5c(c4)oc4cc6ccccc6cc45)cc3)s2)cc1. The Morgan fingerprint density at radius 3 is 1.27 bits per heavy atom. The van der Waals surface area contributed by atoms with Gasteiger partial charge in [0.2, 0.25) is 0 Å². The largest absolute Gasteiger partial charge is 0.456 e. The second-order valence-electron chi connectivity index (χ2n) is 13.4. The average molecular weight is 684 g/mol. The van der Waals surface area contributed by atoms with E-state index in [1.165, 1.54) is 42.4 Å². The number of rotatable bonds is 5. The van der Waals surface area contributed by atoms with Crippen LogP contribution in [0.1, 0.15) is 0 Å². The highest BCUT2D eigenvalue weighted by Gasteiger charge is 2.19. The van der Waals surface area contributed by atoms with Crippen molar-refractivity contribution in [2.45, 2.75) is 0 Å². The van der Waals surface area contributed by atoms with Crippen molar-refractivity contribution in [1.82, 2.24) is 0 Å². The number of furan rings is 2. The third kappa shape index (κ3) is 4.73. The van der Waals surface area contributed by atoms with Gasteiger partial charge < -0.3 is 13.7 Å². The molecule has 3 nitrogen and oxygen atoms in total. The minimum absolute atomic E-state index is 0.855. The van der Waals surface area contributed by atoms with Crippen LogP contribution in [0.15, 0.2) is 185 Å². The number of fused-ring (bicyclic) bond motifs is 8. The fourth-order valence-corrected chi connectivity index (χ4v) is 8.67. The molecule has 0 fully saturated rings. The Balaban J connectivity index is 1.05. The number of hydrogen-bond donors (Lipinski definition) is 0. The molecule has 3 aromatic heterocycles. The topological polar surface area (TPSA) is 29.5 Å². The molecule has 0 aliphatic heterocycles. The molecular formula is C48H29NO2S. The summed E-state index contributed by atoms with van der Waals surface area (Å²) in [4.78, 5) is 4.80. The van der Waals surface area contributed by atoms with E-state index in [1.54, 1.807) is 0 Å². The van der Waals surface area contributed by atoms with Crippen molar-refractivity contribution >= 4 is 93.8 Å². The molecule has 0 aliphatic rings. The van der Waals surface area contributed by atoms with Gasteiger partial charge in [0.25, 0.3) is 0 Å². The molecule has 244 valence electrons. The van der Waals surface area contributed by atoms with Crippen LogP contribution in [-0.2, 0) is 0 Å². The van der Waals surface area contributed by atoms with E-state index in [0.717, 1.165) is 60.9 Å². The predicted molar refractivity (Wildman–Crippen MR) is 219 cm³/mol. The van der Waals surface area contributed by atoms with Crippen molar-refractivity contribution in [3.63, 3.8) is 0 Å². The maximum atomic E-state index is 6.54. The lowest BCUT2D eigenvalue weighted by Gasteiger charge is -2.25. The predicted octanol–water partition coefficient (Wildman–Crippen LogP) is 14.7. The van der Waals surface area contributed by atoms with Crippen LogP contribution < -0.4 is 4.90 Å². The highest BCUT2D eigenvalue weighted by atomic mass is 32.1. The molecule has 0 unspecified atom stereocenters. The molecule has 0 amide bonds. The van der Waals surface area contributed by atoms with Gasteiger partial charge in [-0.05, 0) is 105 Å². The van der Waals surface area contributed by atoms with Gasteiger partial charge in [-0.2, -0.15) is 0 Å². The third-order valence-electron chi connectivity index (χ3n) is 10.2. The molecule has 11 aromatic rings. The van der Waals surface area contributed by atoms with Crippen molar-refractivity contribution in [2.75, 3.05) is 4.90 Å². The molecule has 11 rings (SSSR count). The van der Waals surface area contributed by atoms with E-state index >= 15 is 0 Å². The lowest BCUT2D eigenvalue weighted by atomic mass is 10.0. The smallest absolute Gasteiger partial charge is 0.137 e. The molecule has 0 bridgehead atoms. The number of hydrogen-bond acceptors (Lipinski definition) is 4. The summed E-state index contributed by atoms with van der Waals surface area (Å²) in [6.07, 6.45) is 0. The molecule has 0 N–H and O–H groups in total. The van der Waals surface area contributed by atoms with E-state index < -0.39 is 0 Å². The van der Waals surface area contributed by atoms with Crippen LogP contribution in [0.4, 0.5) is 17.1 Å². The van der Waals surface area contributed by atoms with Gasteiger partial charge in [0.1, 0.15) is 22.3 Å². The molecule has 0 atom stereocenters. The van der Waals surface area contributed by atoms with Crippen molar-refractivity contribution in [3.05, 3.63) is 176 Å². The zero-order valence-electron chi connectivity index (χ0n) is 27.9. The summed E-state index contributed by atoms with van der Waals surface area (Å²) in [5.41, 5.74) is 8.99. The van der Waals surface area contributed by atoms with Gasteiger partial charge in [0, 0.05) is 60.5 Å². The fraction of sp³-hybridized carbons (Fsp3) is 0. The van der Waals surface area contributed by atoms with E-state index in [4.69, 9.17) is 8.83 Å². The monoisotopic (exact) mass is 683 g/mol. The molecule has 0 radical (unpaired) electrons. The Labute approximate surface area is 303 Å². The number of anilines is 3. The first-order valence-electron chi connectivity index (χ1n) is 17.5. The second-order valence-corrected chi connectivity index (χ2v) is 14.5. The van der Waals surface area contributed by atoms with E-state index in [1.807, 2.05) is 11.3 Å². The highest BCUT2D eigenvalue weighted by molar-refractivity contribution is 7.18. The van der Waals surface area contributed by atoms with E-state index in [2.05, 4.69) is 181 Å². The zero-order chi connectivity index (χ0) is 34.2. The minimum atomic E-state index is 0.855. The number of benzene rings is 8. The first-order chi connectivity index (χ1) is 25.7. The fourth-order valence-electron chi connectivity index (χ4n) is 7.65. The first kappa shape index (κ1) is 29.1. The second kappa shape index (κ2) is 11.5. The molecule has 52 heavy (non-hydrogen) atoms. The van der Waals surface area contributed by atoms with E-state index in [0.29, 0.717) is 0 Å². The van der Waals surface area contributed by atoms with Crippen LogP contribution in [0.3, 0.4) is 0 Å². The van der Waals surface area contributed by atoms with Gasteiger partial charge in [0.05, 0.1) is 0 Å². The van der Waals surface area contributed by atoms with Crippen molar-refractivity contribution in [1.29, 1.82) is 0 Å². The Kier molecular flexibility index (Phi) is 6.42. The Bertz CT molecular complexity index is 2980. The Hall–Kier alpha value is -6.62. The van der Waals surface area contributed by atoms with Crippen LogP contribution in [0.5, 0.6) is 0 Å². The third-order valence-corrected chi connectivity index (χ3v) is 11.4. The molecule has 0 saturated carbocycles. The van der Waals surface area contributed by atoms with Crippen LogP contribution in [-0.4, -0.2) is 0 Å². The van der Waals surface area contributed by atoms with Crippen LogP contribution in [0.2, 0.25) is 0 Å². The summed E-state index contributed by atoms with van der Waals surface area (Å²) >= 11 is 1.82. The van der Waals surface area contributed by atoms with Crippen LogP contribution >= 0.6 is 11.3 Å². The summed E-state index contributed by atoms with van der Waals surface area (Å²) in [5.74, 6) is 0. The molecule has 8 aromatic carbocycles. The van der Waals surface area contributed by atoms with Gasteiger partial charge in [-0.25, -0.2) is 0 Å². The lowest BCUT2D eigenvalue weighted by Crippen LogP contribution is -2.09. The first-order valence-corrected chi connectivity index (χ1v) is 18.3. The Morgan fingerprint density at radius 2 is 0.750 bits per heavy atom. The van der Waals surface area contributed by atoms with Crippen LogP contribution in [0.25, 0.3) is 86.3 Å². The van der Waals surface area contributed by atoms with Crippen molar-refractivity contribution in [2.24, 2.45) is 0 Å². The summed E-state index contributed by atoms with van der Waals surface area (Å²) in [6.45, 7) is 0. The van der Waals surface area contributed by atoms with Gasteiger partial charge >= 0.3 is 0 Å². The molecule has 4 heteroatoms. The average Bonchev–Trinajstić information content (AvgIpc) is 3.92. The standard InChI is InChI=1S/C48H29NO2S/c1-2-8-30(9-3-1)47-22-23-48(52-47)31-14-16-36(17-15-31)49(37-18-20-39-41-24-32-10-4-6-12-34(32)26-43(41)50-45(39)28-37)38-19-21-40-42-25-33-11-5-7-13-35(33)27-44(42)51-46(40)29-38/h1-29H. The summed E-state index contributed by atoms with van der Waals surface area (Å²) < 4.78 is 13.1. The van der Waals surface area contributed by atoms with Crippen LogP contribution in [0, 0.1) is 0 Å². The molecule has 0 spiro atoms. The van der Waals surface area contributed by atoms with Crippen molar-refractivity contribution in [3.8, 4) is 20.9 Å². The van der Waals surface area contributed by atoms with E-state index in [-0.39, 0.29) is 0 Å². The number of nitrogens with zero attached hydrogens (tertiary/aromatic N) is 1. The highest BCUT2D eigenvalue weighted by Crippen LogP contribution is 2.43. The maximum absolute atomic E-state index is 6.54. The summed E-state index contributed by atoms with van der Waals surface area (Å²) in [6, 6.07) is 62.6. The molecule has 0 saturated heterocycles. The molecular weight excluding hydrogens is 655 g/mol.